The molecule has 1 saturated carbocycles. The molecule has 2 atom stereocenters. The van der Waals surface area contributed by atoms with Crippen LogP contribution in [0.1, 0.15) is 73.7 Å². The fourth-order valence-electron chi connectivity index (χ4n) is 6.64. The molecule has 2 aromatic carbocycles. The highest BCUT2D eigenvalue weighted by Gasteiger charge is 2.35. The first-order valence-corrected chi connectivity index (χ1v) is 13.0. The summed E-state index contributed by atoms with van der Waals surface area (Å²) in [6.45, 7) is 3.02. The van der Waals surface area contributed by atoms with Gasteiger partial charge in [-0.05, 0) is 73.4 Å². The number of aliphatic hydroxyl groups excluding tert-OH is 1. The van der Waals surface area contributed by atoms with Gasteiger partial charge < -0.3 is 14.4 Å². The first-order chi connectivity index (χ1) is 16.3. The lowest BCUT2D eigenvalue weighted by Crippen LogP contribution is -2.44. The monoisotopic (exact) mass is 444 g/mol. The largest absolute Gasteiger partial charge is 0.491 e. The SMILES string of the molecule is O[C@H](COc1ccccc1)CN1CCn2c3c(c4cc(C5CCCCC5)ccc42)CCC[C@@H]31. The molecule has 2 heterocycles. The average molecular weight is 445 g/mol. The first-order valence-electron chi connectivity index (χ1n) is 13.0. The summed E-state index contributed by atoms with van der Waals surface area (Å²) >= 11 is 0. The lowest BCUT2D eigenvalue weighted by Gasteiger charge is -2.40. The molecule has 6 rings (SSSR count). The minimum atomic E-state index is -0.482. The van der Waals surface area contributed by atoms with Gasteiger partial charge in [0.1, 0.15) is 18.5 Å². The van der Waals surface area contributed by atoms with E-state index in [-0.39, 0.29) is 0 Å². The van der Waals surface area contributed by atoms with Crippen LogP contribution in [0.15, 0.2) is 48.5 Å². The summed E-state index contributed by atoms with van der Waals surface area (Å²) in [4.78, 5) is 2.51. The number of para-hydroxylation sites is 1. The molecule has 174 valence electrons. The summed E-state index contributed by atoms with van der Waals surface area (Å²) in [6.07, 6.45) is 10.0. The van der Waals surface area contributed by atoms with Gasteiger partial charge in [0.25, 0.3) is 0 Å². The second kappa shape index (κ2) is 9.15. The van der Waals surface area contributed by atoms with Gasteiger partial charge in [-0.3, -0.25) is 4.90 Å². The minimum absolute atomic E-state index is 0.341. The third kappa shape index (κ3) is 4.08. The molecule has 33 heavy (non-hydrogen) atoms. The molecule has 4 nitrogen and oxygen atoms in total. The third-order valence-corrected chi connectivity index (χ3v) is 8.22. The lowest BCUT2D eigenvalue weighted by molar-refractivity contribution is 0.0375. The Morgan fingerprint density at radius 3 is 2.64 bits per heavy atom. The number of rotatable bonds is 6. The summed E-state index contributed by atoms with van der Waals surface area (Å²) < 4.78 is 8.42. The van der Waals surface area contributed by atoms with E-state index in [4.69, 9.17) is 4.74 Å². The Morgan fingerprint density at radius 1 is 0.939 bits per heavy atom. The van der Waals surface area contributed by atoms with E-state index in [0.717, 1.165) is 24.8 Å². The van der Waals surface area contributed by atoms with Gasteiger partial charge in [0.15, 0.2) is 0 Å². The van der Waals surface area contributed by atoms with Gasteiger partial charge in [-0.1, -0.05) is 43.5 Å². The van der Waals surface area contributed by atoms with E-state index in [1.165, 1.54) is 68.0 Å². The summed E-state index contributed by atoms with van der Waals surface area (Å²) in [5, 5.41) is 12.3. The smallest absolute Gasteiger partial charge is 0.119 e. The number of hydrogen-bond acceptors (Lipinski definition) is 3. The van der Waals surface area contributed by atoms with Gasteiger partial charge in [0.2, 0.25) is 0 Å². The quantitative estimate of drug-likeness (QED) is 0.520. The molecule has 1 aromatic heterocycles. The van der Waals surface area contributed by atoms with Crippen LogP contribution in [0.25, 0.3) is 10.9 Å². The zero-order valence-electron chi connectivity index (χ0n) is 19.6. The van der Waals surface area contributed by atoms with Gasteiger partial charge in [-0.2, -0.15) is 0 Å². The van der Waals surface area contributed by atoms with Crippen LogP contribution in [0.3, 0.4) is 0 Å². The van der Waals surface area contributed by atoms with E-state index in [1.54, 1.807) is 11.1 Å². The fraction of sp³-hybridized carbons (Fsp3) is 0.517. The van der Waals surface area contributed by atoms with Crippen molar-refractivity contribution >= 4 is 10.9 Å². The van der Waals surface area contributed by atoms with Gasteiger partial charge in [0.05, 0.1) is 6.04 Å². The molecule has 1 fully saturated rings. The summed E-state index contributed by atoms with van der Waals surface area (Å²) in [6, 6.07) is 17.6. The summed E-state index contributed by atoms with van der Waals surface area (Å²) in [5.74, 6) is 1.58. The van der Waals surface area contributed by atoms with Crippen molar-refractivity contribution in [3.05, 3.63) is 65.4 Å². The number of aliphatic hydroxyl groups is 1. The second-order valence-electron chi connectivity index (χ2n) is 10.3. The molecule has 0 saturated heterocycles. The van der Waals surface area contributed by atoms with E-state index >= 15 is 0 Å². The minimum Gasteiger partial charge on any atom is -0.491 e. The Bertz CT molecular complexity index is 1100. The summed E-state index contributed by atoms with van der Waals surface area (Å²) in [7, 11) is 0. The zero-order chi connectivity index (χ0) is 22.2. The molecule has 0 radical (unpaired) electrons. The predicted molar refractivity (Wildman–Crippen MR) is 133 cm³/mol. The maximum atomic E-state index is 10.8. The van der Waals surface area contributed by atoms with Gasteiger partial charge in [-0.15, -0.1) is 0 Å². The molecule has 1 aliphatic heterocycles. The molecular weight excluding hydrogens is 408 g/mol. The van der Waals surface area contributed by atoms with Crippen LogP contribution in [0, 0.1) is 0 Å². The second-order valence-corrected chi connectivity index (χ2v) is 10.3. The van der Waals surface area contributed by atoms with E-state index in [2.05, 4.69) is 27.7 Å². The van der Waals surface area contributed by atoms with E-state index in [9.17, 15) is 5.11 Å². The Hall–Kier alpha value is -2.30. The van der Waals surface area contributed by atoms with Crippen LogP contribution in [0.2, 0.25) is 0 Å². The fourth-order valence-corrected chi connectivity index (χ4v) is 6.64. The average Bonchev–Trinajstić information content (AvgIpc) is 3.20. The van der Waals surface area contributed by atoms with Crippen LogP contribution in [-0.4, -0.2) is 40.4 Å². The molecule has 2 aliphatic carbocycles. The van der Waals surface area contributed by atoms with Crippen LogP contribution >= 0.6 is 0 Å². The highest BCUT2D eigenvalue weighted by molar-refractivity contribution is 5.87. The van der Waals surface area contributed by atoms with Crippen molar-refractivity contribution in [3.63, 3.8) is 0 Å². The molecular formula is C29H36N2O2. The Kier molecular flexibility index (Phi) is 5.89. The normalized spacial score (nSPS) is 22.3. The topological polar surface area (TPSA) is 37.6 Å². The van der Waals surface area contributed by atoms with Crippen molar-refractivity contribution in [3.8, 4) is 5.75 Å². The number of aromatic nitrogens is 1. The van der Waals surface area contributed by atoms with Crippen molar-refractivity contribution in [2.45, 2.75) is 76.0 Å². The number of nitrogens with zero attached hydrogens (tertiary/aromatic N) is 2. The van der Waals surface area contributed by atoms with E-state index in [1.807, 2.05) is 30.3 Å². The third-order valence-electron chi connectivity index (χ3n) is 8.22. The number of fused-ring (bicyclic) bond motifs is 3. The molecule has 1 N–H and O–H groups in total. The maximum Gasteiger partial charge on any atom is 0.119 e. The zero-order valence-corrected chi connectivity index (χ0v) is 19.6. The first kappa shape index (κ1) is 21.2. The summed E-state index contributed by atoms with van der Waals surface area (Å²) in [5.41, 5.74) is 6.10. The van der Waals surface area contributed by atoms with Gasteiger partial charge >= 0.3 is 0 Å². The van der Waals surface area contributed by atoms with Crippen molar-refractivity contribution in [1.29, 1.82) is 0 Å². The molecule has 3 aliphatic rings. The highest BCUT2D eigenvalue weighted by atomic mass is 16.5. The maximum absolute atomic E-state index is 10.8. The molecule has 3 aromatic rings. The Morgan fingerprint density at radius 2 is 1.79 bits per heavy atom. The molecule has 0 amide bonds. The Labute approximate surface area is 197 Å². The van der Waals surface area contributed by atoms with Crippen LogP contribution in [0.5, 0.6) is 5.75 Å². The molecule has 0 spiro atoms. The number of β-amino-alcohol motifs (C(OH)–C–C–N with tert-alkyl or cyclic N) is 1. The highest BCUT2D eigenvalue weighted by Crippen LogP contribution is 2.44. The van der Waals surface area contributed by atoms with Crippen molar-refractivity contribution in [2.24, 2.45) is 0 Å². The molecule has 0 bridgehead atoms. The predicted octanol–water partition coefficient (Wildman–Crippen LogP) is 5.82. The molecule has 4 heteroatoms. The van der Waals surface area contributed by atoms with Crippen molar-refractivity contribution in [1.82, 2.24) is 9.47 Å². The number of hydrogen-bond donors (Lipinski definition) is 1. The van der Waals surface area contributed by atoms with Crippen molar-refractivity contribution in [2.75, 3.05) is 19.7 Å². The Balaban J connectivity index is 1.23. The van der Waals surface area contributed by atoms with Crippen LogP contribution < -0.4 is 4.74 Å². The van der Waals surface area contributed by atoms with E-state index < -0.39 is 6.10 Å². The molecule has 0 unspecified atom stereocenters. The standard InChI is InChI=1S/C29H36N2O2/c32-23(20-33-24-10-5-2-6-11-24)19-30-16-17-31-27-15-14-22(21-8-3-1-4-9-21)18-26(27)25-12-7-13-28(30)29(25)31/h2,5-6,10-11,14-15,18,21,23,28,32H,1,3-4,7-9,12-13,16-17,19-20H2/t23-,28-/m0/s1. The van der Waals surface area contributed by atoms with Crippen LogP contribution in [0.4, 0.5) is 0 Å². The number of aryl methyl sites for hydroxylation is 1. The van der Waals surface area contributed by atoms with Gasteiger partial charge in [-0.25, -0.2) is 0 Å². The lowest BCUT2D eigenvalue weighted by atomic mass is 9.83. The van der Waals surface area contributed by atoms with Crippen LogP contribution in [-0.2, 0) is 13.0 Å². The van der Waals surface area contributed by atoms with E-state index in [0.29, 0.717) is 19.2 Å². The van der Waals surface area contributed by atoms with Gasteiger partial charge in [0, 0.05) is 36.2 Å². The number of ether oxygens (including phenoxy) is 1. The van der Waals surface area contributed by atoms with Crippen molar-refractivity contribution < 1.29 is 9.84 Å². The number of benzene rings is 2.